The van der Waals surface area contributed by atoms with Crippen LogP contribution in [0.2, 0.25) is 0 Å². The highest BCUT2D eigenvalue weighted by molar-refractivity contribution is 9.10. The molecule has 0 N–H and O–H groups in total. The van der Waals surface area contributed by atoms with E-state index in [1.165, 1.54) is 0 Å². The SMILES string of the molecule is Cc1cc(OCCC(C)C)c(/C=C/c2cc(OCCC(C)C)c(Br)cc2OCCC(C)C)cc1OCCC(C)C. The second-order valence-corrected chi connectivity index (χ2v) is 13.3. The summed E-state index contributed by atoms with van der Waals surface area (Å²) < 4.78 is 25.8. The zero-order valence-corrected chi connectivity index (χ0v) is 28.0. The fourth-order valence-corrected chi connectivity index (χ4v) is 4.24. The number of halogens is 1. The Hall–Kier alpha value is -2.14. The van der Waals surface area contributed by atoms with Crippen LogP contribution in [0.5, 0.6) is 23.0 Å². The second kappa shape index (κ2) is 17.6. The summed E-state index contributed by atoms with van der Waals surface area (Å²) in [5, 5.41) is 0. The standard InChI is InChI=1S/C35H53BrO4/c1-24(2)12-16-37-32-21-29(33(20-28(32)9)38-17-13-25(3)4)10-11-30-22-35(40-19-15-27(7)8)31(36)23-34(30)39-18-14-26(5)6/h10-11,20-27H,12-19H2,1-9H3/b11-10+. The number of rotatable bonds is 18. The minimum Gasteiger partial charge on any atom is -0.493 e. The maximum atomic E-state index is 6.28. The molecule has 0 unspecified atom stereocenters. The molecule has 0 amide bonds. The van der Waals surface area contributed by atoms with E-state index in [9.17, 15) is 0 Å². The first kappa shape index (κ1) is 34.1. The Balaban J connectivity index is 2.43. The van der Waals surface area contributed by atoms with Crippen molar-refractivity contribution in [2.75, 3.05) is 26.4 Å². The summed E-state index contributed by atoms with van der Waals surface area (Å²) in [6, 6.07) is 8.31. The van der Waals surface area contributed by atoms with Gasteiger partial charge in [0.25, 0.3) is 0 Å². The van der Waals surface area contributed by atoms with Gasteiger partial charge in [0.1, 0.15) is 23.0 Å². The molecule has 0 fully saturated rings. The molecule has 0 radical (unpaired) electrons. The lowest BCUT2D eigenvalue weighted by atomic mass is 10.1. The summed E-state index contributed by atoms with van der Waals surface area (Å²) in [5.41, 5.74) is 3.05. The summed E-state index contributed by atoms with van der Waals surface area (Å²) in [6.07, 6.45) is 8.24. The predicted molar refractivity (Wildman–Crippen MR) is 174 cm³/mol. The third-order valence-corrected chi connectivity index (χ3v) is 7.24. The molecule has 0 saturated carbocycles. The molecular weight excluding hydrogens is 564 g/mol. The molecule has 0 aliphatic rings. The summed E-state index contributed by atoms with van der Waals surface area (Å²) in [5.74, 6) is 5.78. The Kier molecular flexibility index (Phi) is 15.0. The molecular formula is C35H53BrO4. The van der Waals surface area contributed by atoms with Gasteiger partial charge in [-0.25, -0.2) is 0 Å². The van der Waals surface area contributed by atoms with Crippen LogP contribution in [0, 0.1) is 30.6 Å². The quantitative estimate of drug-likeness (QED) is 0.156. The maximum absolute atomic E-state index is 6.28. The molecule has 2 aromatic carbocycles. The van der Waals surface area contributed by atoms with E-state index in [2.05, 4.69) is 109 Å². The van der Waals surface area contributed by atoms with Gasteiger partial charge >= 0.3 is 0 Å². The first-order chi connectivity index (χ1) is 19.0. The highest BCUT2D eigenvalue weighted by atomic mass is 79.9. The molecule has 224 valence electrons. The lowest BCUT2D eigenvalue weighted by Gasteiger charge is -2.17. The topological polar surface area (TPSA) is 36.9 Å². The second-order valence-electron chi connectivity index (χ2n) is 12.4. The van der Waals surface area contributed by atoms with E-state index in [-0.39, 0.29) is 0 Å². The van der Waals surface area contributed by atoms with Gasteiger partial charge in [0.2, 0.25) is 0 Å². The summed E-state index contributed by atoms with van der Waals surface area (Å²) >= 11 is 3.70. The third-order valence-electron chi connectivity index (χ3n) is 6.63. The van der Waals surface area contributed by atoms with Crippen LogP contribution in [-0.2, 0) is 0 Å². The van der Waals surface area contributed by atoms with Crippen molar-refractivity contribution < 1.29 is 18.9 Å². The Morgan fingerprint density at radius 2 is 0.875 bits per heavy atom. The van der Waals surface area contributed by atoms with E-state index in [0.29, 0.717) is 50.1 Å². The van der Waals surface area contributed by atoms with Crippen LogP contribution in [0.15, 0.2) is 28.7 Å². The number of aryl methyl sites for hydroxylation is 1. The average molecular weight is 618 g/mol. The van der Waals surface area contributed by atoms with Gasteiger partial charge in [-0.15, -0.1) is 0 Å². The van der Waals surface area contributed by atoms with Crippen molar-refractivity contribution in [2.24, 2.45) is 23.7 Å². The lowest BCUT2D eigenvalue weighted by Crippen LogP contribution is -2.05. The van der Waals surface area contributed by atoms with Gasteiger partial charge in [-0.1, -0.05) is 67.5 Å². The molecule has 2 aromatic rings. The fraction of sp³-hybridized carbons (Fsp3) is 0.600. The normalized spacial score (nSPS) is 11.8. The summed E-state index contributed by atoms with van der Waals surface area (Å²) in [7, 11) is 0. The molecule has 0 atom stereocenters. The number of benzene rings is 2. The van der Waals surface area contributed by atoms with Crippen LogP contribution in [0.25, 0.3) is 12.2 Å². The van der Waals surface area contributed by atoms with Gasteiger partial charge in [-0.3, -0.25) is 0 Å². The first-order valence-corrected chi connectivity index (χ1v) is 15.9. The average Bonchev–Trinajstić information content (AvgIpc) is 2.85. The van der Waals surface area contributed by atoms with Gasteiger partial charge in [0.15, 0.2) is 0 Å². The number of hydrogen-bond donors (Lipinski definition) is 0. The molecule has 0 aliphatic heterocycles. The lowest BCUT2D eigenvalue weighted by molar-refractivity contribution is 0.280. The molecule has 0 heterocycles. The van der Waals surface area contributed by atoms with Crippen LogP contribution >= 0.6 is 15.9 Å². The minimum absolute atomic E-state index is 0.577. The first-order valence-electron chi connectivity index (χ1n) is 15.1. The molecule has 4 nitrogen and oxygen atoms in total. The zero-order chi connectivity index (χ0) is 29.7. The van der Waals surface area contributed by atoms with Gasteiger partial charge in [-0.2, -0.15) is 0 Å². The number of ether oxygens (including phenoxy) is 4. The molecule has 0 aliphatic carbocycles. The summed E-state index contributed by atoms with van der Waals surface area (Å²) in [6.45, 7) is 22.5. The van der Waals surface area contributed by atoms with Crippen molar-refractivity contribution in [2.45, 2.75) is 88.0 Å². The third kappa shape index (κ3) is 12.6. The van der Waals surface area contributed by atoms with E-state index < -0.39 is 0 Å². The van der Waals surface area contributed by atoms with Crippen molar-refractivity contribution in [1.82, 2.24) is 0 Å². The van der Waals surface area contributed by atoms with Gasteiger partial charge < -0.3 is 18.9 Å². The Labute approximate surface area is 253 Å². The maximum Gasteiger partial charge on any atom is 0.134 e. The predicted octanol–water partition coefficient (Wildman–Crippen LogP) is 10.6. The number of hydrogen-bond acceptors (Lipinski definition) is 4. The molecule has 0 spiro atoms. The van der Waals surface area contributed by atoms with Gasteiger partial charge in [0.05, 0.1) is 30.9 Å². The van der Waals surface area contributed by atoms with Crippen molar-refractivity contribution >= 4 is 28.1 Å². The molecule has 0 aromatic heterocycles. The highest BCUT2D eigenvalue weighted by Crippen LogP contribution is 2.36. The Morgan fingerprint density at radius 1 is 0.525 bits per heavy atom. The van der Waals surface area contributed by atoms with E-state index in [4.69, 9.17) is 18.9 Å². The van der Waals surface area contributed by atoms with Crippen molar-refractivity contribution in [3.63, 3.8) is 0 Å². The minimum atomic E-state index is 0.577. The van der Waals surface area contributed by atoms with Crippen LogP contribution < -0.4 is 18.9 Å². The van der Waals surface area contributed by atoms with Crippen molar-refractivity contribution in [1.29, 1.82) is 0 Å². The largest absolute Gasteiger partial charge is 0.493 e. The van der Waals surface area contributed by atoms with Crippen molar-refractivity contribution in [3.05, 3.63) is 45.4 Å². The molecule has 0 saturated heterocycles. The monoisotopic (exact) mass is 616 g/mol. The van der Waals surface area contributed by atoms with Crippen LogP contribution in [0.3, 0.4) is 0 Å². The van der Waals surface area contributed by atoms with E-state index in [0.717, 1.165) is 69.8 Å². The Bertz CT molecular complexity index is 972. The highest BCUT2D eigenvalue weighted by Gasteiger charge is 2.13. The van der Waals surface area contributed by atoms with Crippen LogP contribution in [-0.4, -0.2) is 26.4 Å². The smallest absolute Gasteiger partial charge is 0.134 e. The fourth-order valence-electron chi connectivity index (χ4n) is 3.80. The molecule has 40 heavy (non-hydrogen) atoms. The van der Waals surface area contributed by atoms with Crippen LogP contribution in [0.4, 0.5) is 0 Å². The zero-order valence-electron chi connectivity index (χ0n) is 26.4. The van der Waals surface area contributed by atoms with Crippen LogP contribution in [0.1, 0.15) is 97.8 Å². The van der Waals surface area contributed by atoms with Gasteiger partial charge in [0, 0.05) is 11.1 Å². The van der Waals surface area contributed by atoms with Crippen molar-refractivity contribution in [3.8, 4) is 23.0 Å². The summed E-state index contributed by atoms with van der Waals surface area (Å²) in [4.78, 5) is 0. The molecule has 2 rings (SSSR count). The van der Waals surface area contributed by atoms with E-state index >= 15 is 0 Å². The molecule has 0 bridgehead atoms. The van der Waals surface area contributed by atoms with E-state index in [1.54, 1.807) is 0 Å². The van der Waals surface area contributed by atoms with E-state index in [1.807, 2.05) is 6.07 Å². The molecule has 5 heteroatoms. The Morgan fingerprint density at radius 3 is 1.30 bits per heavy atom. The van der Waals surface area contributed by atoms with Gasteiger partial charge in [-0.05, 0) is 102 Å².